The molecule has 0 bridgehead atoms. The second-order valence-electron chi connectivity index (χ2n) is 4.01. The molecule has 0 atom stereocenters. The van der Waals surface area contributed by atoms with Gasteiger partial charge in [-0.05, 0) is 23.3 Å². The maximum Gasteiger partial charge on any atom is 0.455 e. The van der Waals surface area contributed by atoms with Crippen molar-refractivity contribution in [1.29, 1.82) is 0 Å². The van der Waals surface area contributed by atoms with E-state index in [0.717, 1.165) is 0 Å². The number of rotatable bonds is 2. The largest absolute Gasteiger partial charge is 0.455 e. The smallest absolute Gasteiger partial charge is 0.284 e. The maximum atomic E-state index is 13.6. The fourth-order valence-corrected chi connectivity index (χ4v) is 1.73. The highest BCUT2D eigenvalue weighted by atomic mass is 19.4. The Bertz CT molecular complexity index is 623. The van der Waals surface area contributed by atoms with Crippen molar-refractivity contribution in [2.24, 2.45) is 0 Å². The van der Waals surface area contributed by atoms with Gasteiger partial charge in [-0.1, -0.05) is 30.3 Å². The molecule has 0 aliphatic heterocycles. The van der Waals surface area contributed by atoms with Gasteiger partial charge in [0.25, 0.3) is 5.78 Å². The Morgan fingerprint density at radius 1 is 0.850 bits per heavy atom. The summed E-state index contributed by atoms with van der Waals surface area (Å²) in [5.41, 5.74) is -1.10. The summed E-state index contributed by atoms with van der Waals surface area (Å²) in [7, 11) is 0. The molecule has 0 amide bonds. The van der Waals surface area contributed by atoms with Gasteiger partial charge >= 0.3 is 6.18 Å². The number of hydrogen-bond acceptors (Lipinski definition) is 1. The van der Waals surface area contributed by atoms with E-state index in [4.69, 9.17) is 0 Å². The van der Waals surface area contributed by atoms with E-state index in [0.29, 0.717) is 17.7 Å². The van der Waals surface area contributed by atoms with E-state index < -0.39 is 29.2 Å². The van der Waals surface area contributed by atoms with Gasteiger partial charge in [0.15, 0.2) is 0 Å². The van der Waals surface area contributed by atoms with Crippen LogP contribution in [0.3, 0.4) is 0 Å². The number of carbonyl (C=O) groups excluding carboxylic acids is 1. The lowest BCUT2D eigenvalue weighted by Crippen LogP contribution is -2.25. The second kappa shape index (κ2) is 5.03. The van der Waals surface area contributed by atoms with Gasteiger partial charge in [0.2, 0.25) is 0 Å². The molecular formula is C14H7F5O. The maximum absolute atomic E-state index is 13.6. The fraction of sp³-hybridized carbons (Fsp3) is 0.0714. The molecule has 0 spiro atoms. The Kier molecular flexibility index (Phi) is 3.57. The minimum atomic E-state index is -5.32. The Balaban J connectivity index is 2.53. The van der Waals surface area contributed by atoms with Crippen LogP contribution in [0, 0.1) is 11.6 Å². The average molecular weight is 286 g/mol. The van der Waals surface area contributed by atoms with Crippen molar-refractivity contribution in [3.63, 3.8) is 0 Å². The molecule has 2 rings (SSSR count). The summed E-state index contributed by atoms with van der Waals surface area (Å²) in [6, 6.07) is 9.39. The van der Waals surface area contributed by atoms with Gasteiger partial charge in [0, 0.05) is 0 Å². The van der Waals surface area contributed by atoms with E-state index >= 15 is 0 Å². The lowest BCUT2D eigenvalue weighted by Gasteiger charge is -2.09. The van der Waals surface area contributed by atoms with Crippen molar-refractivity contribution < 1.29 is 26.7 Å². The van der Waals surface area contributed by atoms with Gasteiger partial charge in [-0.25, -0.2) is 8.78 Å². The third-order valence-electron chi connectivity index (χ3n) is 2.63. The Labute approximate surface area is 110 Å². The van der Waals surface area contributed by atoms with E-state index in [2.05, 4.69) is 0 Å². The minimum absolute atomic E-state index is 0.0549. The predicted molar refractivity (Wildman–Crippen MR) is 62.2 cm³/mol. The minimum Gasteiger partial charge on any atom is -0.284 e. The zero-order valence-corrected chi connectivity index (χ0v) is 9.84. The van der Waals surface area contributed by atoms with Gasteiger partial charge < -0.3 is 0 Å². The molecule has 1 nitrogen and oxygen atoms in total. The standard InChI is InChI=1S/C14H7F5O/c15-10-6-9(8-4-2-1-3-5-8)7-11(16)12(10)13(20)14(17,18)19/h1-7H. The number of ketones is 1. The number of halogens is 5. The lowest BCUT2D eigenvalue weighted by molar-refractivity contribution is -0.0890. The molecule has 2 aromatic rings. The molecule has 104 valence electrons. The molecule has 0 radical (unpaired) electrons. The molecule has 0 aliphatic carbocycles. The summed E-state index contributed by atoms with van der Waals surface area (Å²) in [6.07, 6.45) is -5.32. The first kappa shape index (κ1) is 14.2. The predicted octanol–water partition coefficient (Wildman–Crippen LogP) is 4.38. The number of carbonyl (C=O) groups is 1. The van der Waals surface area contributed by atoms with Crippen LogP contribution in [0.25, 0.3) is 11.1 Å². The summed E-state index contributed by atoms with van der Waals surface area (Å²) in [5, 5.41) is 0. The first-order valence-corrected chi connectivity index (χ1v) is 5.46. The molecule has 0 aliphatic rings. The highest BCUT2D eigenvalue weighted by Gasteiger charge is 2.42. The van der Waals surface area contributed by atoms with Crippen molar-refractivity contribution >= 4 is 5.78 Å². The topological polar surface area (TPSA) is 17.1 Å². The number of alkyl halides is 3. The lowest BCUT2D eigenvalue weighted by atomic mass is 10.0. The van der Waals surface area contributed by atoms with Crippen LogP contribution in [-0.4, -0.2) is 12.0 Å². The molecule has 0 fully saturated rings. The van der Waals surface area contributed by atoms with Gasteiger partial charge in [-0.15, -0.1) is 0 Å². The normalized spacial score (nSPS) is 11.4. The van der Waals surface area contributed by atoms with Crippen molar-refractivity contribution in [1.82, 2.24) is 0 Å². The summed E-state index contributed by atoms with van der Waals surface area (Å²) in [6.45, 7) is 0. The quantitative estimate of drug-likeness (QED) is 0.591. The molecule has 0 N–H and O–H groups in total. The SMILES string of the molecule is O=C(c1c(F)cc(-c2ccccc2)cc1F)C(F)(F)F. The number of Topliss-reactive ketones (excluding diaryl/α,β-unsaturated/α-hetero) is 1. The molecule has 0 unspecified atom stereocenters. The van der Waals surface area contributed by atoms with Crippen LogP contribution < -0.4 is 0 Å². The average Bonchev–Trinajstić information content (AvgIpc) is 2.37. The van der Waals surface area contributed by atoms with Crippen molar-refractivity contribution in [3.8, 4) is 11.1 Å². The van der Waals surface area contributed by atoms with E-state index in [-0.39, 0.29) is 5.56 Å². The van der Waals surface area contributed by atoms with E-state index in [9.17, 15) is 26.7 Å². The van der Waals surface area contributed by atoms with Crippen LogP contribution in [0.2, 0.25) is 0 Å². The summed E-state index contributed by atoms with van der Waals surface area (Å²) in [4.78, 5) is 11.0. The van der Waals surface area contributed by atoms with E-state index in [1.165, 1.54) is 0 Å². The molecule has 2 aromatic carbocycles. The highest BCUT2D eigenvalue weighted by Crippen LogP contribution is 2.29. The Hall–Kier alpha value is -2.24. The van der Waals surface area contributed by atoms with Gasteiger partial charge in [0.05, 0.1) is 5.56 Å². The first-order valence-electron chi connectivity index (χ1n) is 5.46. The summed E-state index contributed by atoms with van der Waals surface area (Å²) in [5.74, 6) is -5.61. The van der Waals surface area contributed by atoms with Crippen molar-refractivity contribution in [3.05, 3.63) is 59.7 Å². The van der Waals surface area contributed by atoms with Crippen LogP contribution in [0.1, 0.15) is 10.4 Å². The zero-order valence-electron chi connectivity index (χ0n) is 9.84. The Morgan fingerprint density at radius 2 is 1.35 bits per heavy atom. The highest BCUT2D eigenvalue weighted by molar-refractivity contribution is 6.01. The van der Waals surface area contributed by atoms with E-state index in [1.54, 1.807) is 30.3 Å². The third-order valence-corrected chi connectivity index (χ3v) is 2.63. The molecule has 0 saturated carbocycles. The Morgan fingerprint density at radius 3 is 1.80 bits per heavy atom. The van der Waals surface area contributed by atoms with Crippen molar-refractivity contribution in [2.75, 3.05) is 0 Å². The molecule has 20 heavy (non-hydrogen) atoms. The molecule has 0 heterocycles. The molecular weight excluding hydrogens is 279 g/mol. The molecule has 0 saturated heterocycles. The van der Waals surface area contributed by atoms with Gasteiger partial charge in [0.1, 0.15) is 11.6 Å². The van der Waals surface area contributed by atoms with Crippen LogP contribution in [-0.2, 0) is 0 Å². The second-order valence-corrected chi connectivity index (χ2v) is 4.01. The number of benzene rings is 2. The van der Waals surface area contributed by atoms with Gasteiger partial charge in [-0.3, -0.25) is 4.79 Å². The monoisotopic (exact) mass is 286 g/mol. The summed E-state index contributed by atoms with van der Waals surface area (Å²) < 4.78 is 63.9. The summed E-state index contributed by atoms with van der Waals surface area (Å²) >= 11 is 0. The zero-order chi connectivity index (χ0) is 14.9. The third kappa shape index (κ3) is 2.68. The van der Waals surface area contributed by atoms with Crippen molar-refractivity contribution in [2.45, 2.75) is 6.18 Å². The van der Waals surface area contributed by atoms with Crippen LogP contribution in [0.4, 0.5) is 22.0 Å². The first-order chi connectivity index (χ1) is 9.30. The number of hydrogen-bond donors (Lipinski definition) is 0. The van der Waals surface area contributed by atoms with E-state index in [1.807, 2.05) is 0 Å². The molecule has 6 heteroatoms. The van der Waals surface area contributed by atoms with Crippen LogP contribution in [0.15, 0.2) is 42.5 Å². The van der Waals surface area contributed by atoms with Gasteiger partial charge in [-0.2, -0.15) is 13.2 Å². The fourth-order valence-electron chi connectivity index (χ4n) is 1.73. The molecule has 0 aromatic heterocycles. The van der Waals surface area contributed by atoms with Crippen LogP contribution >= 0.6 is 0 Å². The van der Waals surface area contributed by atoms with Crippen LogP contribution in [0.5, 0.6) is 0 Å².